The molecule has 3 heterocycles. The second-order valence-electron chi connectivity index (χ2n) is 7.86. The summed E-state index contributed by atoms with van der Waals surface area (Å²) in [4.78, 5) is 30.5. The number of piperazine rings is 1. The van der Waals surface area contributed by atoms with Crippen molar-refractivity contribution < 1.29 is 9.18 Å². The number of thiophene rings is 1. The SMILES string of the molecule is O=C(c1cccs1)N1CCN(c2cc(=O)n(Cc3cccc(F)c3)c3ccccc23)CC1. The molecule has 1 amide bonds. The number of nitrogens with zero attached hydrogens (tertiary/aromatic N) is 3. The molecule has 162 valence electrons. The van der Waals surface area contributed by atoms with Gasteiger partial charge in [-0.3, -0.25) is 9.59 Å². The Morgan fingerprint density at radius 1 is 0.938 bits per heavy atom. The number of hydrogen-bond donors (Lipinski definition) is 0. The molecule has 0 unspecified atom stereocenters. The van der Waals surface area contributed by atoms with Gasteiger partial charge in [0, 0.05) is 37.6 Å². The van der Waals surface area contributed by atoms with E-state index in [0.717, 1.165) is 27.0 Å². The Morgan fingerprint density at radius 3 is 2.50 bits per heavy atom. The highest BCUT2D eigenvalue weighted by atomic mass is 32.1. The first-order valence-electron chi connectivity index (χ1n) is 10.5. The highest BCUT2D eigenvalue weighted by Crippen LogP contribution is 2.27. The van der Waals surface area contributed by atoms with Crippen LogP contribution in [0.15, 0.2) is 76.9 Å². The molecule has 1 saturated heterocycles. The topological polar surface area (TPSA) is 45.6 Å². The lowest BCUT2D eigenvalue weighted by atomic mass is 10.1. The van der Waals surface area contributed by atoms with Crippen molar-refractivity contribution >= 4 is 33.8 Å². The number of anilines is 1. The van der Waals surface area contributed by atoms with Crippen LogP contribution >= 0.6 is 11.3 Å². The van der Waals surface area contributed by atoms with Crippen LogP contribution < -0.4 is 10.5 Å². The Bertz CT molecular complexity index is 1320. The highest BCUT2D eigenvalue weighted by molar-refractivity contribution is 7.12. The molecule has 0 saturated carbocycles. The number of carbonyl (C=O) groups is 1. The van der Waals surface area contributed by atoms with Gasteiger partial charge in [0.15, 0.2) is 0 Å². The van der Waals surface area contributed by atoms with E-state index in [1.807, 2.05) is 52.7 Å². The molecule has 1 fully saturated rings. The Morgan fingerprint density at radius 2 is 1.75 bits per heavy atom. The smallest absolute Gasteiger partial charge is 0.264 e. The van der Waals surface area contributed by atoms with E-state index < -0.39 is 0 Å². The molecule has 1 aliphatic rings. The maximum atomic E-state index is 13.6. The third kappa shape index (κ3) is 3.91. The molecule has 4 aromatic rings. The minimum Gasteiger partial charge on any atom is -0.367 e. The standard InChI is InChI=1S/C25H22FN3O2S/c26-19-6-3-5-18(15-19)17-29-21-8-2-1-7-20(21)22(16-24(29)30)27-10-12-28(13-11-27)25(31)23-9-4-14-32-23/h1-9,14-16H,10-13,17H2. The molecule has 0 aliphatic carbocycles. The van der Waals surface area contributed by atoms with Crippen molar-refractivity contribution in [2.24, 2.45) is 0 Å². The van der Waals surface area contributed by atoms with Crippen molar-refractivity contribution in [3.8, 4) is 0 Å². The second kappa shape index (κ2) is 8.59. The number of para-hydroxylation sites is 1. The maximum Gasteiger partial charge on any atom is 0.264 e. The molecule has 5 rings (SSSR count). The molecule has 32 heavy (non-hydrogen) atoms. The molecular formula is C25H22FN3O2S. The molecule has 1 aliphatic heterocycles. The van der Waals surface area contributed by atoms with E-state index in [0.29, 0.717) is 32.7 Å². The van der Waals surface area contributed by atoms with Crippen LogP contribution in [0.25, 0.3) is 10.9 Å². The minimum atomic E-state index is -0.313. The first-order chi connectivity index (χ1) is 15.6. The van der Waals surface area contributed by atoms with Crippen LogP contribution in [0.3, 0.4) is 0 Å². The van der Waals surface area contributed by atoms with Gasteiger partial charge in [0.2, 0.25) is 0 Å². The number of pyridine rings is 1. The van der Waals surface area contributed by atoms with E-state index >= 15 is 0 Å². The van der Waals surface area contributed by atoms with Crippen LogP contribution in [0.4, 0.5) is 10.1 Å². The molecular weight excluding hydrogens is 425 g/mol. The summed E-state index contributed by atoms with van der Waals surface area (Å²) >= 11 is 1.46. The fourth-order valence-corrected chi connectivity index (χ4v) is 4.96. The quantitative estimate of drug-likeness (QED) is 0.471. The van der Waals surface area contributed by atoms with Gasteiger partial charge in [0.1, 0.15) is 5.82 Å². The van der Waals surface area contributed by atoms with Crippen molar-refractivity contribution in [2.45, 2.75) is 6.54 Å². The van der Waals surface area contributed by atoms with Gasteiger partial charge in [-0.25, -0.2) is 4.39 Å². The normalized spacial score (nSPS) is 14.2. The molecule has 7 heteroatoms. The number of hydrogen-bond acceptors (Lipinski definition) is 4. The van der Waals surface area contributed by atoms with Gasteiger partial charge >= 0.3 is 0 Å². The van der Waals surface area contributed by atoms with E-state index in [-0.39, 0.29) is 17.3 Å². The zero-order valence-corrected chi connectivity index (χ0v) is 18.2. The highest BCUT2D eigenvalue weighted by Gasteiger charge is 2.24. The summed E-state index contributed by atoms with van der Waals surface area (Å²) in [7, 11) is 0. The van der Waals surface area contributed by atoms with Gasteiger partial charge in [-0.15, -0.1) is 11.3 Å². The molecule has 0 radical (unpaired) electrons. The van der Waals surface area contributed by atoms with Gasteiger partial charge in [0.05, 0.1) is 22.6 Å². The molecule has 5 nitrogen and oxygen atoms in total. The van der Waals surface area contributed by atoms with E-state index in [9.17, 15) is 14.0 Å². The Hall–Kier alpha value is -3.45. The van der Waals surface area contributed by atoms with E-state index in [2.05, 4.69) is 4.90 Å². The summed E-state index contributed by atoms with van der Waals surface area (Å²) in [5.41, 5.74) is 2.31. The number of carbonyl (C=O) groups excluding carboxylic acids is 1. The van der Waals surface area contributed by atoms with Crippen LogP contribution in [-0.2, 0) is 6.54 Å². The average molecular weight is 448 g/mol. The first kappa shape index (κ1) is 20.5. The van der Waals surface area contributed by atoms with Crippen molar-refractivity contribution in [1.82, 2.24) is 9.47 Å². The van der Waals surface area contributed by atoms with Gasteiger partial charge in [-0.2, -0.15) is 0 Å². The van der Waals surface area contributed by atoms with Crippen LogP contribution in [0, 0.1) is 5.82 Å². The molecule has 2 aromatic heterocycles. The fraction of sp³-hybridized carbons (Fsp3) is 0.200. The zero-order chi connectivity index (χ0) is 22.1. The van der Waals surface area contributed by atoms with Crippen LogP contribution in [0.1, 0.15) is 15.2 Å². The number of aromatic nitrogens is 1. The molecule has 0 bridgehead atoms. The fourth-order valence-electron chi connectivity index (χ4n) is 4.27. The monoisotopic (exact) mass is 447 g/mol. The molecule has 0 N–H and O–H groups in total. The number of halogens is 1. The van der Waals surface area contributed by atoms with Crippen molar-refractivity contribution in [3.05, 3.63) is 98.7 Å². The van der Waals surface area contributed by atoms with Crippen LogP contribution in [0.2, 0.25) is 0 Å². The lowest BCUT2D eigenvalue weighted by Gasteiger charge is -2.36. The second-order valence-corrected chi connectivity index (χ2v) is 8.81. The van der Waals surface area contributed by atoms with Crippen LogP contribution in [0.5, 0.6) is 0 Å². The average Bonchev–Trinajstić information content (AvgIpc) is 3.35. The molecule has 0 spiro atoms. The number of amides is 1. The summed E-state index contributed by atoms with van der Waals surface area (Å²) in [6.07, 6.45) is 0. The number of fused-ring (bicyclic) bond motifs is 1. The van der Waals surface area contributed by atoms with E-state index in [4.69, 9.17) is 0 Å². The first-order valence-corrected chi connectivity index (χ1v) is 11.4. The summed E-state index contributed by atoms with van der Waals surface area (Å²) in [5.74, 6) is -0.249. The van der Waals surface area contributed by atoms with Gasteiger partial charge < -0.3 is 14.4 Å². The van der Waals surface area contributed by atoms with Crippen molar-refractivity contribution in [2.75, 3.05) is 31.1 Å². The summed E-state index contributed by atoms with van der Waals surface area (Å²) < 4.78 is 15.3. The number of benzene rings is 2. The van der Waals surface area contributed by atoms with E-state index in [1.165, 1.54) is 23.5 Å². The molecule has 0 atom stereocenters. The van der Waals surface area contributed by atoms with Gasteiger partial charge in [-0.05, 0) is 35.2 Å². The van der Waals surface area contributed by atoms with Crippen molar-refractivity contribution in [3.63, 3.8) is 0 Å². The van der Waals surface area contributed by atoms with E-state index in [1.54, 1.807) is 16.7 Å². The summed E-state index contributed by atoms with van der Waals surface area (Å²) in [6.45, 7) is 2.85. The maximum absolute atomic E-state index is 13.6. The third-order valence-corrected chi connectivity index (χ3v) is 6.72. The third-order valence-electron chi connectivity index (χ3n) is 5.87. The minimum absolute atomic E-state index is 0.0648. The predicted octanol–water partition coefficient (Wildman–Crippen LogP) is 4.21. The lowest BCUT2D eigenvalue weighted by Crippen LogP contribution is -2.49. The van der Waals surface area contributed by atoms with Crippen molar-refractivity contribution in [1.29, 1.82) is 0 Å². The summed E-state index contributed by atoms with van der Waals surface area (Å²) in [5, 5.41) is 2.88. The lowest BCUT2D eigenvalue weighted by molar-refractivity contribution is 0.0751. The molecule has 2 aromatic carbocycles. The Labute approximate surface area is 188 Å². The summed E-state index contributed by atoms with van der Waals surface area (Å²) in [6, 6.07) is 19.5. The Kier molecular flexibility index (Phi) is 5.49. The number of rotatable bonds is 4. The van der Waals surface area contributed by atoms with Gasteiger partial charge in [0.25, 0.3) is 11.5 Å². The van der Waals surface area contributed by atoms with Crippen LogP contribution in [-0.4, -0.2) is 41.6 Å². The zero-order valence-electron chi connectivity index (χ0n) is 17.4. The van der Waals surface area contributed by atoms with Gasteiger partial charge in [-0.1, -0.05) is 36.4 Å². The largest absolute Gasteiger partial charge is 0.367 e. The predicted molar refractivity (Wildman–Crippen MR) is 126 cm³/mol. The Balaban J connectivity index is 1.43.